The van der Waals surface area contributed by atoms with Gasteiger partial charge in [-0.15, -0.1) is 0 Å². The molecule has 21 heavy (non-hydrogen) atoms. The second kappa shape index (κ2) is 7.21. The highest BCUT2D eigenvalue weighted by molar-refractivity contribution is 5.69. The van der Waals surface area contributed by atoms with E-state index in [1.54, 1.807) is 17.0 Å². The number of carbonyl (C=O) groups is 1. The molecule has 0 saturated carbocycles. The molecule has 2 heterocycles. The fourth-order valence-corrected chi connectivity index (χ4v) is 2.37. The number of nitrogens with zero attached hydrogens (tertiary/aromatic N) is 3. The maximum atomic E-state index is 12.4. The zero-order valence-electron chi connectivity index (χ0n) is 12.4. The van der Waals surface area contributed by atoms with Crippen LogP contribution in [0.25, 0.3) is 0 Å². The molecule has 1 saturated heterocycles. The van der Waals surface area contributed by atoms with Crippen molar-refractivity contribution >= 4 is 11.8 Å². The summed E-state index contributed by atoms with van der Waals surface area (Å²) in [5.41, 5.74) is -0.0990. The zero-order valence-corrected chi connectivity index (χ0v) is 12.4. The van der Waals surface area contributed by atoms with Gasteiger partial charge in [0.15, 0.2) is 5.82 Å². The van der Waals surface area contributed by atoms with Crippen LogP contribution in [0, 0.1) is 0 Å². The number of methoxy groups -OCH3 is 1. The average molecular weight is 295 g/mol. The Morgan fingerprint density at radius 2 is 2.38 bits per heavy atom. The molecule has 116 valence electrons. The van der Waals surface area contributed by atoms with E-state index in [4.69, 9.17) is 4.74 Å². The Kier molecular flexibility index (Phi) is 5.32. The van der Waals surface area contributed by atoms with E-state index >= 15 is 0 Å². The summed E-state index contributed by atoms with van der Waals surface area (Å²) in [4.78, 5) is 29.8. The highest BCUT2D eigenvalue weighted by Crippen LogP contribution is 2.13. The molecule has 0 radical (unpaired) electrons. The Morgan fingerprint density at radius 3 is 3.10 bits per heavy atom. The molecular formula is C14H21N3O4. The number of aryl methyl sites for hydroxylation is 1. The first-order chi connectivity index (χ1) is 10.2. The molecule has 0 spiro atoms. The predicted octanol–water partition coefficient (Wildman–Crippen LogP) is 0.422. The van der Waals surface area contributed by atoms with Crippen molar-refractivity contribution in [2.24, 2.45) is 0 Å². The number of aromatic nitrogens is 2. The normalized spacial score (nSPS) is 18.6. The lowest BCUT2D eigenvalue weighted by molar-refractivity contribution is -0.144. The summed E-state index contributed by atoms with van der Waals surface area (Å²) < 4.78 is 11.9. The number of hydrogen-bond acceptors (Lipinski definition) is 6. The van der Waals surface area contributed by atoms with Gasteiger partial charge in [-0.25, -0.2) is 4.98 Å². The molecule has 0 amide bonds. The van der Waals surface area contributed by atoms with Crippen molar-refractivity contribution in [1.82, 2.24) is 9.55 Å². The number of hydrogen-bond donors (Lipinski definition) is 0. The monoisotopic (exact) mass is 295 g/mol. The first-order valence-corrected chi connectivity index (χ1v) is 7.14. The molecule has 7 heteroatoms. The molecule has 1 atom stereocenters. The van der Waals surface area contributed by atoms with E-state index in [0.717, 1.165) is 6.42 Å². The van der Waals surface area contributed by atoms with Gasteiger partial charge in [0.25, 0.3) is 5.56 Å². The van der Waals surface area contributed by atoms with Crippen molar-refractivity contribution in [2.45, 2.75) is 32.4 Å². The van der Waals surface area contributed by atoms with Gasteiger partial charge in [-0.1, -0.05) is 6.92 Å². The van der Waals surface area contributed by atoms with E-state index in [2.05, 4.69) is 9.72 Å². The molecule has 0 aromatic carbocycles. The van der Waals surface area contributed by atoms with Crippen LogP contribution in [0.5, 0.6) is 0 Å². The molecular weight excluding hydrogens is 274 g/mol. The summed E-state index contributed by atoms with van der Waals surface area (Å²) >= 11 is 0. The first kappa shape index (κ1) is 15.5. The maximum absolute atomic E-state index is 12.4. The second-order valence-corrected chi connectivity index (χ2v) is 4.97. The number of esters is 1. The standard InChI is InChI=1S/C14H21N3O4/c1-3-5-16-6-4-15-13(14(16)19)17-7-8-21-11(10-17)9-12(18)20-2/h4,6,11H,3,5,7-10H2,1-2H3. The molecule has 0 N–H and O–H groups in total. The largest absolute Gasteiger partial charge is 0.469 e. The van der Waals surface area contributed by atoms with E-state index in [0.29, 0.717) is 32.1 Å². The van der Waals surface area contributed by atoms with Gasteiger partial charge in [0.05, 0.1) is 26.2 Å². The first-order valence-electron chi connectivity index (χ1n) is 7.14. The number of anilines is 1. The third-order valence-corrected chi connectivity index (χ3v) is 3.42. The fraction of sp³-hybridized carbons (Fsp3) is 0.643. The minimum absolute atomic E-state index is 0.0990. The molecule has 0 bridgehead atoms. The van der Waals surface area contributed by atoms with Crippen molar-refractivity contribution in [3.63, 3.8) is 0 Å². The maximum Gasteiger partial charge on any atom is 0.308 e. The lowest BCUT2D eigenvalue weighted by atomic mass is 10.2. The Labute approximate surface area is 123 Å². The lowest BCUT2D eigenvalue weighted by Gasteiger charge is -2.32. The van der Waals surface area contributed by atoms with Crippen LogP contribution in [0.4, 0.5) is 5.82 Å². The van der Waals surface area contributed by atoms with Crippen LogP contribution in [0.15, 0.2) is 17.2 Å². The van der Waals surface area contributed by atoms with Crippen LogP contribution in [-0.2, 0) is 20.8 Å². The Bertz CT molecular complexity index is 543. The van der Waals surface area contributed by atoms with Crippen molar-refractivity contribution < 1.29 is 14.3 Å². The van der Waals surface area contributed by atoms with Crippen molar-refractivity contribution in [1.29, 1.82) is 0 Å². The molecule has 1 fully saturated rings. The predicted molar refractivity (Wildman–Crippen MR) is 77.4 cm³/mol. The van der Waals surface area contributed by atoms with Crippen molar-refractivity contribution in [3.05, 3.63) is 22.7 Å². The second-order valence-electron chi connectivity index (χ2n) is 4.97. The van der Waals surface area contributed by atoms with Gasteiger partial charge >= 0.3 is 5.97 Å². The Balaban J connectivity index is 2.12. The summed E-state index contributed by atoms with van der Waals surface area (Å²) in [6.07, 6.45) is 4.13. The fourth-order valence-electron chi connectivity index (χ4n) is 2.37. The van der Waals surface area contributed by atoms with Crippen LogP contribution in [0.2, 0.25) is 0 Å². The number of ether oxygens (including phenoxy) is 2. The molecule has 1 aromatic heterocycles. The van der Waals surface area contributed by atoms with E-state index in [1.807, 2.05) is 11.8 Å². The van der Waals surface area contributed by atoms with Crippen LogP contribution in [-0.4, -0.2) is 48.4 Å². The van der Waals surface area contributed by atoms with Crippen molar-refractivity contribution in [2.75, 3.05) is 31.7 Å². The zero-order chi connectivity index (χ0) is 15.2. The van der Waals surface area contributed by atoms with Crippen LogP contribution in [0.1, 0.15) is 19.8 Å². The minimum atomic E-state index is -0.314. The third kappa shape index (κ3) is 3.81. The third-order valence-electron chi connectivity index (χ3n) is 3.42. The van der Waals surface area contributed by atoms with E-state index < -0.39 is 0 Å². The molecule has 0 aliphatic carbocycles. The molecule has 7 nitrogen and oxygen atoms in total. The smallest absolute Gasteiger partial charge is 0.308 e. The van der Waals surface area contributed by atoms with Crippen molar-refractivity contribution in [3.8, 4) is 0 Å². The Hall–Kier alpha value is -1.89. The summed E-state index contributed by atoms with van der Waals surface area (Å²) in [7, 11) is 1.35. The summed E-state index contributed by atoms with van der Waals surface area (Å²) in [5.74, 6) is 0.107. The highest BCUT2D eigenvalue weighted by atomic mass is 16.5. The van der Waals surface area contributed by atoms with Gasteiger partial charge in [0.1, 0.15) is 0 Å². The average Bonchev–Trinajstić information content (AvgIpc) is 2.50. The number of rotatable bonds is 5. The molecule has 1 aliphatic heterocycles. The number of morpholine rings is 1. The van der Waals surface area contributed by atoms with Gasteiger partial charge in [0.2, 0.25) is 0 Å². The number of carbonyl (C=O) groups excluding carboxylic acids is 1. The van der Waals surface area contributed by atoms with Gasteiger partial charge in [-0.05, 0) is 6.42 Å². The van der Waals surface area contributed by atoms with E-state index in [1.165, 1.54) is 7.11 Å². The van der Waals surface area contributed by atoms with Crippen LogP contribution in [0.3, 0.4) is 0 Å². The molecule has 1 aliphatic rings. The molecule has 2 rings (SSSR count). The van der Waals surface area contributed by atoms with Gasteiger partial charge in [-0.2, -0.15) is 0 Å². The lowest BCUT2D eigenvalue weighted by Crippen LogP contribution is -2.46. The van der Waals surface area contributed by atoms with E-state index in [9.17, 15) is 9.59 Å². The van der Waals surface area contributed by atoms with Gasteiger partial charge < -0.3 is 18.9 Å². The van der Waals surface area contributed by atoms with E-state index in [-0.39, 0.29) is 24.1 Å². The minimum Gasteiger partial charge on any atom is -0.469 e. The summed E-state index contributed by atoms with van der Waals surface area (Å²) in [6, 6.07) is 0. The quantitative estimate of drug-likeness (QED) is 0.733. The summed E-state index contributed by atoms with van der Waals surface area (Å²) in [5, 5.41) is 0. The summed E-state index contributed by atoms with van der Waals surface area (Å²) in [6.45, 7) is 4.22. The van der Waals surface area contributed by atoms with Gasteiger partial charge in [-0.3, -0.25) is 9.59 Å². The topological polar surface area (TPSA) is 73.7 Å². The van der Waals surface area contributed by atoms with Crippen LogP contribution >= 0.6 is 0 Å². The Morgan fingerprint density at radius 1 is 1.57 bits per heavy atom. The molecule has 1 aromatic rings. The van der Waals surface area contributed by atoms with Gasteiger partial charge in [0, 0.05) is 32.0 Å². The molecule has 1 unspecified atom stereocenters. The SMILES string of the molecule is CCCn1ccnc(N2CCOC(CC(=O)OC)C2)c1=O. The highest BCUT2D eigenvalue weighted by Gasteiger charge is 2.25. The van der Waals surface area contributed by atoms with Crippen LogP contribution < -0.4 is 10.5 Å².